The normalized spacial score (nSPS) is 15.5. The highest BCUT2D eigenvalue weighted by molar-refractivity contribution is 6.40. The van der Waals surface area contributed by atoms with E-state index in [9.17, 15) is 4.79 Å². The standard InChI is InChI=1S/C25H22Cl2N6O/c1-15-12-17(6-7-18(15)16-8-10-28-11-9-16)30-25-29-13-19-23(31-25)32(2)14-33(24(19)34)22-20(26)4-3-5-21(22)27/h4,6-8,12-13,28H,9-11,14H2,1-2H3,(H,29,30,31). The average molecular weight is 493 g/mol. The molecule has 0 spiro atoms. The van der Waals surface area contributed by atoms with Crippen LogP contribution in [0.5, 0.6) is 0 Å². The fourth-order valence-corrected chi connectivity index (χ4v) is 4.83. The van der Waals surface area contributed by atoms with E-state index in [1.165, 1.54) is 33.9 Å². The fraction of sp³-hybridized carbons (Fsp3) is 0.240. The Hall–Kier alpha value is -3.31. The molecule has 0 fully saturated rings. The molecule has 2 aromatic carbocycles. The van der Waals surface area contributed by atoms with Gasteiger partial charge >= 0.3 is 0 Å². The Kier molecular flexibility index (Phi) is 6.05. The zero-order valence-corrected chi connectivity index (χ0v) is 20.3. The summed E-state index contributed by atoms with van der Waals surface area (Å²) in [5.41, 5.74) is 5.46. The van der Waals surface area contributed by atoms with E-state index >= 15 is 0 Å². The van der Waals surface area contributed by atoms with Gasteiger partial charge in [0.05, 0.1) is 17.4 Å². The van der Waals surface area contributed by atoms with Crippen molar-refractivity contribution < 1.29 is 4.79 Å². The van der Waals surface area contributed by atoms with Gasteiger partial charge in [0, 0.05) is 31.5 Å². The van der Waals surface area contributed by atoms with Gasteiger partial charge in [0.25, 0.3) is 5.91 Å². The van der Waals surface area contributed by atoms with E-state index in [2.05, 4.69) is 57.9 Å². The number of aromatic nitrogens is 2. The van der Waals surface area contributed by atoms with E-state index in [0.717, 1.165) is 25.2 Å². The molecule has 0 saturated heterocycles. The van der Waals surface area contributed by atoms with Crippen LogP contribution in [-0.4, -0.2) is 42.7 Å². The monoisotopic (exact) mass is 492 g/mol. The molecule has 3 heterocycles. The third-order valence-electron chi connectivity index (χ3n) is 5.94. The Morgan fingerprint density at radius 3 is 2.82 bits per heavy atom. The molecule has 1 amide bonds. The maximum absolute atomic E-state index is 13.2. The summed E-state index contributed by atoms with van der Waals surface area (Å²) < 4.78 is 0. The van der Waals surface area contributed by atoms with Crippen LogP contribution in [0.1, 0.15) is 27.9 Å². The molecule has 0 unspecified atom stereocenters. The maximum Gasteiger partial charge on any atom is 0.265 e. The van der Waals surface area contributed by atoms with Crippen LogP contribution in [0.15, 0.2) is 36.5 Å². The molecule has 5 rings (SSSR count). The molecule has 2 aliphatic rings. The molecular weight excluding hydrogens is 471 g/mol. The number of nitrogens with one attached hydrogen (secondary N) is 2. The molecule has 3 aromatic rings. The summed E-state index contributed by atoms with van der Waals surface area (Å²) >= 11 is 12.6. The van der Waals surface area contributed by atoms with Crippen LogP contribution < -0.4 is 20.4 Å². The van der Waals surface area contributed by atoms with Crippen molar-refractivity contribution in [2.45, 2.75) is 13.3 Å². The molecule has 0 aliphatic carbocycles. The minimum Gasteiger partial charge on any atom is -0.341 e. The number of aryl methyl sites for hydroxylation is 1. The van der Waals surface area contributed by atoms with Gasteiger partial charge in [-0.25, -0.2) is 4.98 Å². The average Bonchev–Trinajstić information content (AvgIpc) is 2.83. The zero-order chi connectivity index (χ0) is 23.8. The number of hydrogen-bond donors (Lipinski definition) is 2. The van der Waals surface area contributed by atoms with Gasteiger partial charge in [-0.2, -0.15) is 4.98 Å². The van der Waals surface area contributed by atoms with Gasteiger partial charge in [-0.3, -0.25) is 9.69 Å². The van der Waals surface area contributed by atoms with Crippen molar-refractivity contribution in [3.8, 4) is 0 Å². The van der Waals surface area contributed by atoms with Crippen molar-refractivity contribution in [3.63, 3.8) is 0 Å². The third kappa shape index (κ3) is 4.16. The highest BCUT2D eigenvalue weighted by Gasteiger charge is 2.32. The van der Waals surface area contributed by atoms with Crippen LogP contribution in [0.25, 0.3) is 5.57 Å². The molecular formula is C25H22Cl2N6O. The number of carbonyl (C=O) groups excluding carboxylic acids is 1. The highest BCUT2D eigenvalue weighted by Crippen LogP contribution is 2.36. The minimum absolute atomic E-state index is 0.232. The van der Waals surface area contributed by atoms with E-state index in [1.807, 2.05) is 18.0 Å². The number of nitrogens with zero attached hydrogens (tertiary/aromatic N) is 4. The molecule has 34 heavy (non-hydrogen) atoms. The number of fused-ring (bicyclic) bond motifs is 1. The van der Waals surface area contributed by atoms with Crippen molar-refractivity contribution in [3.05, 3.63) is 75.4 Å². The molecule has 1 aromatic heterocycles. The number of anilines is 4. The topological polar surface area (TPSA) is 73.4 Å². The second-order valence-electron chi connectivity index (χ2n) is 8.27. The Morgan fingerprint density at radius 2 is 2.09 bits per heavy atom. The van der Waals surface area contributed by atoms with Gasteiger partial charge < -0.3 is 15.5 Å². The van der Waals surface area contributed by atoms with Crippen LogP contribution in [-0.2, 0) is 0 Å². The summed E-state index contributed by atoms with van der Waals surface area (Å²) in [7, 11) is 1.85. The lowest BCUT2D eigenvalue weighted by molar-refractivity contribution is 0.0982. The SMILES string of the molecule is Cc1cc(Nc2ncc3c(n2)N(C)CN(c2c(Cl)c#ccc2Cl)C3=O)ccc1C1=CCNCC1. The lowest BCUT2D eigenvalue weighted by Crippen LogP contribution is -2.46. The van der Waals surface area contributed by atoms with Crippen LogP contribution in [0, 0.1) is 19.1 Å². The fourth-order valence-electron chi connectivity index (χ4n) is 4.28. The lowest BCUT2D eigenvalue weighted by atomic mass is 9.96. The third-order valence-corrected chi connectivity index (χ3v) is 6.50. The Labute approximate surface area is 208 Å². The first-order chi connectivity index (χ1) is 16.4. The summed E-state index contributed by atoms with van der Waals surface area (Å²) in [6.45, 7) is 4.24. The van der Waals surface area contributed by atoms with Gasteiger partial charge in [0.1, 0.15) is 16.4 Å². The highest BCUT2D eigenvalue weighted by atomic mass is 35.5. The molecule has 0 radical (unpaired) electrons. The van der Waals surface area contributed by atoms with Crippen molar-refractivity contribution >= 4 is 57.8 Å². The summed E-state index contributed by atoms with van der Waals surface area (Å²) in [5.74, 6) is 0.669. The quantitative estimate of drug-likeness (QED) is 0.541. The van der Waals surface area contributed by atoms with E-state index in [-0.39, 0.29) is 17.6 Å². The number of carbonyl (C=O) groups is 1. The van der Waals surface area contributed by atoms with Crippen molar-refractivity contribution in [1.82, 2.24) is 15.3 Å². The van der Waals surface area contributed by atoms with Gasteiger partial charge in [-0.1, -0.05) is 41.4 Å². The predicted octanol–water partition coefficient (Wildman–Crippen LogP) is 4.87. The molecule has 7 nitrogen and oxygen atoms in total. The van der Waals surface area contributed by atoms with Crippen LogP contribution in [0.3, 0.4) is 0 Å². The van der Waals surface area contributed by atoms with Gasteiger partial charge in [-0.05, 0) is 54.8 Å². The molecule has 2 aliphatic heterocycles. The zero-order valence-electron chi connectivity index (χ0n) is 18.7. The lowest BCUT2D eigenvalue weighted by Gasteiger charge is -2.35. The number of hydrogen-bond acceptors (Lipinski definition) is 6. The van der Waals surface area contributed by atoms with Gasteiger partial charge in [-0.15, -0.1) is 0 Å². The van der Waals surface area contributed by atoms with E-state index in [0.29, 0.717) is 28.0 Å². The van der Waals surface area contributed by atoms with Gasteiger partial charge in [0.2, 0.25) is 5.95 Å². The van der Waals surface area contributed by atoms with Gasteiger partial charge in [0.15, 0.2) is 0 Å². The smallest absolute Gasteiger partial charge is 0.265 e. The number of rotatable bonds is 4. The molecule has 172 valence electrons. The number of benzene rings is 1. The Balaban J connectivity index is 1.40. The summed E-state index contributed by atoms with van der Waals surface area (Å²) in [6, 6.07) is 13.3. The molecule has 0 bridgehead atoms. The maximum atomic E-state index is 13.2. The summed E-state index contributed by atoms with van der Waals surface area (Å²) in [5, 5.41) is 7.17. The summed E-state index contributed by atoms with van der Waals surface area (Å²) in [6.07, 6.45) is 4.79. The Bertz CT molecular complexity index is 1290. The first-order valence-corrected chi connectivity index (χ1v) is 11.6. The number of amides is 1. The molecule has 0 saturated carbocycles. The largest absolute Gasteiger partial charge is 0.341 e. The number of halogens is 2. The molecule has 9 heteroatoms. The van der Waals surface area contributed by atoms with E-state index in [4.69, 9.17) is 23.2 Å². The minimum atomic E-state index is -0.279. The van der Waals surface area contributed by atoms with Crippen LogP contribution in [0.4, 0.5) is 23.1 Å². The van der Waals surface area contributed by atoms with E-state index in [1.54, 1.807) is 0 Å². The molecule has 2 N–H and O–H groups in total. The first-order valence-electron chi connectivity index (χ1n) is 10.9. The summed E-state index contributed by atoms with van der Waals surface area (Å²) in [4.78, 5) is 25.6. The van der Waals surface area contributed by atoms with Crippen molar-refractivity contribution in [2.24, 2.45) is 0 Å². The van der Waals surface area contributed by atoms with Crippen molar-refractivity contribution in [1.29, 1.82) is 0 Å². The van der Waals surface area contributed by atoms with Crippen molar-refractivity contribution in [2.75, 3.05) is 41.9 Å². The van der Waals surface area contributed by atoms with Crippen LogP contribution >= 0.6 is 23.2 Å². The first kappa shape index (κ1) is 22.5. The van der Waals surface area contributed by atoms with Crippen LogP contribution in [0.2, 0.25) is 10.0 Å². The van der Waals surface area contributed by atoms with E-state index < -0.39 is 0 Å². The second kappa shape index (κ2) is 9.15. The predicted molar refractivity (Wildman–Crippen MR) is 136 cm³/mol. The Morgan fingerprint density at radius 1 is 1.24 bits per heavy atom. The molecule has 0 atom stereocenters. The second-order valence-corrected chi connectivity index (χ2v) is 9.05.